The van der Waals surface area contributed by atoms with Crippen LogP contribution in [0.4, 0.5) is 0 Å². The van der Waals surface area contributed by atoms with E-state index in [1.165, 1.54) is 17.5 Å². The number of nitrogens with two attached hydrogens (primary N) is 1. The highest BCUT2D eigenvalue weighted by molar-refractivity contribution is 5.28. The molecule has 2 aliphatic heterocycles. The Bertz CT molecular complexity index is 613. The molecule has 150 valence electrons. The molecule has 5 heteroatoms. The molecule has 2 saturated heterocycles. The van der Waals surface area contributed by atoms with Crippen molar-refractivity contribution >= 4 is 0 Å². The molecule has 0 radical (unpaired) electrons. The maximum Gasteiger partial charge on any atom is 0.175 e. The molecule has 27 heavy (non-hydrogen) atoms. The second-order valence-electron chi connectivity index (χ2n) is 8.32. The summed E-state index contributed by atoms with van der Waals surface area (Å²) in [6, 6.07) is 9.04. The van der Waals surface area contributed by atoms with Crippen molar-refractivity contribution < 1.29 is 18.9 Å². The van der Waals surface area contributed by atoms with E-state index in [1.807, 2.05) is 6.92 Å². The van der Waals surface area contributed by atoms with Gasteiger partial charge in [0.15, 0.2) is 11.6 Å². The number of ether oxygens (including phenoxy) is 4. The minimum Gasteiger partial charge on any atom is -0.348 e. The van der Waals surface area contributed by atoms with E-state index in [1.54, 1.807) is 0 Å². The van der Waals surface area contributed by atoms with Gasteiger partial charge in [0.1, 0.15) is 0 Å². The van der Waals surface area contributed by atoms with Gasteiger partial charge in [-0.2, -0.15) is 0 Å². The van der Waals surface area contributed by atoms with E-state index in [9.17, 15) is 0 Å². The molecule has 0 bridgehead atoms. The predicted molar refractivity (Wildman–Crippen MR) is 104 cm³/mol. The van der Waals surface area contributed by atoms with E-state index in [-0.39, 0.29) is 11.9 Å². The lowest BCUT2D eigenvalue weighted by Crippen LogP contribution is -2.41. The van der Waals surface area contributed by atoms with E-state index in [2.05, 4.69) is 24.3 Å². The van der Waals surface area contributed by atoms with Gasteiger partial charge in [0.05, 0.1) is 25.9 Å². The summed E-state index contributed by atoms with van der Waals surface area (Å²) in [5, 5.41) is 0. The van der Waals surface area contributed by atoms with E-state index in [4.69, 9.17) is 24.7 Å². The summed E-state index contributed by atoms with van der Waals surface area (Å²) in [6.45, 7) is 4.61. The number of benzene rings is 1. The summed E-state index contributed by atoms with van der Waals surface area (Å²) in [7, 11) is 0. The van der Waals surface area contributed by atoms with Crippen molar-refractivity contribution in [2.24, 2.45) is 5.73 Å². The molecule has 3 atom stereocenters. The van der Waals surface area contributed by atoms with Crippen molar-refractivity contribution in [3.05, 3.63) is 35.4 Å². The highest BCUT2D eigenvalue weighted by atomic mass is 16.7. The summed E-state index contributed by atoms with van der Waals surface area (Å²) in [4.78, 5) is 0. The zero-order valence-electron chi connectivity index (χ0n) is 16.5. The second kappa shape index (κ2) is 8.18. The maximum atomic E-state index is 6.29. The molecule has 2 N–H and O–H groups in total. The average Bonchev–Trinajstić information content (AvgIpc) is 3.30. The van der Waals surface area contributed by atoms with Crippen molar-refractivity contribution in [3.8, 4) is 0 Å². The Labute approximate surface area is 162 Å². The van der Waals surface area contributed by atoms with Crippen LogP contribution >= 0.6 is 0 Å². The minimum atomic E-state index is -0.463. The fraction of sp³-hybridized carbons (Fsp3) is 0.727. The van der Waals surface area contributed by atoms with Crippen LogP contribution in [0.25, 0.3) is 0 Å². The quantitative estimate of drug-likeness (QED) is 0.824. The van der Waals surface area contributed by atoms with E-state index >= 15 is 0 Å². The largest absolute Gasteiger partial charge is 0.348 e. The standard InChI is InChI=1S/C22H33NO4/c1-21(24-13-14-25-21)11-4-5-17-7-9-18(10-8-17)20-6-2-3-12-22(20)26-16-19(15-23)27-22/h7-10,19-20H,2-6,11-16,23H2,1H3. The summed E-state index contributed by atoms with van der Waals surface area (Å²) < 4.78 is 23.9. The zero-order chi connectivity index (χ0) is 18.7. The first-order valence-electron chi connectivity index (χ1n) is 10.5. The van der Waals surface area contributed by atoms with Crippen LogP contribution in [0, 0.1) is 0 Å². The van der Waals surface area contributed by atoms with E-state index in [0.717, 1.165) is 38.5 Å². The average molecular weight is 376 g/mol. The Balaban J connectivity index is 1.37. The number of aryl methyl sites for hydroxylation is 1. The molecule has 0 amide bonds. The second-order valence-corrected chi connectivity index (χ2v) is 8.32. The summed E-state index contributed by atoms with van der Waals surface area (Å²) >= 11 is 0. The molecule has 3 fully saturated rings. The van der Waals surface area contributed by atoms with Gasteiger partial charge in [0, 0.05) is 25.3 Å². The maximum absolute atomic E-state index is 6.29. The Kier molecular flexibility index (Phi) is 5.86. The Morgan fingerprint density at radius 3 is 2.56 bits per heavy atom. The normalized spacial score (nSPS) is 33.0. The van der Waals surface area contributed by atoms with Crippen LogP contribution in [0.5, 0.6) is 0 Å². The summed E-state index contributed by atoms with van der Waals surface area (Å²) in [5.41, 5.74) is 8.49. The Morgan fingerprint density at radius 1 is 1.07 bits per heavy atom. The van der Waals surface area contributed by atoms with Gasteiger partial charge in [-0.05, 0) is 43.7 Å². The molecule has 5 nitrogen and oxygen atoms in total. The first kappa shape index (κ1) is 19.3. The minimum absolute atomic E-state index is 0.0336. The van der Waals surface area contributed by atoms with Crippen LogP contribution in [-0.2, 0) is 25.4 Å². The van der Waals surface area contributed by atoms with Crippen LogP contribution < -0.4 is 5.73 Å². The van der Waals surface area contributed by atoms with E-state index < -0.39 is 5.79 Å². The molecule has 4 rings (SSSR count). The predicted octanol–water partition coefficient (Wildman–Crippen LogP) is 3.50. The van der Waals surface area contributed by atoms with Gasteiger partial charge in [0.2, 0.25) is 0 Å². The lowest BCUT2D eigenvalue weighted by molar-refractivity contribution is -0.199. The van der Waals surface area contributed by atoms with Crippen LogP contribution in [0.1, 0.15) is 62.5 Å². The summed E-state index contributed by atoms with van der Waals surface area (Å²) in [5.74, 6) is -0.545. The van der Waals surface area contributed by atoms with Gasteiger partial charge in [-0.3, -0.25) is 0 Å². The Morgan fingerprint density at radius 2 is 1.85 bits per heavy atom. The molecule has 1 spiro atoms. The van der Waals surface area contributed by atoms with Crippen LogP contribution in [0.2, 0.25) is 0 Å². The third-order valence-corrected chi connectivity index (χ3v) is 6.32. The van der Waals surface area contributed by atoms with E-state index in [0.29, 0.717) is 32.3 Å². The van der Waals surface area contributed by atoms with Gasteiger partial charge in [0.25, 0.3) is 0 Å². The van der Waals surface area contributed by atoms with Crippen molar-refractivity contribution in [3.63, 3.8) is 0 Å². The zero-order valence-corrected chi connectivity index (χ0v) is 16.5. The lowest BCUT2D eigenvalue weighted by atomic mass is 9.78. The Hall–Kier alpha value is -0.980. The van der Waals surface area contributed by atoms with Gasteiger partial charge >= 0.3 is 0 Å². The molecule has 0 aromatic heterocycles. The van der Waals surface area contributed by atoms with Crippen molar-refractivity contribution in [2.75, 3.05) is 26.4 Å². The SMILES string of the molecule is CC1(CCCc2ccc(C3CCCCC34OCC(CN)O4)cc2)OCCO1. The molecule has 3 unspecified atom stereocenters. The topological polar surface area (TPSA) is 62.9 Å². The summed E-state index contributed by atoms with van der Waals surface area (Å²) in [6.07, 6.45) is 7.54. The molecule has 1 aromatic carbocycles. The monoisotopic (exact) mass is 375 g/mol. The van der Waals surface area contributed by atoms with Gasteiger partial charge in [-0.1, -0.05) is 30.7 Å². The third-order valence-electron chi connectivity index (χ3n) is 6.32. The highest BCUT2D eigenvalue weighted by Crippen LogP contribution is 2.47. The first-order chi connectivity index (χ1) is 13.1. The molecular formula is C22H33NO4. The van der Waals surface area contributed by atoms with Gasteiger partial charge in [-0.15, -0.1) is 0 Å². The number of hydrogen-bond acceptors (Lipinski definition) is 5. The van der Waals surface area contributed by atoms with Crippen molar-refractivity contribution in [1.82, 2.24) is 0 Å². The lowest BCUT2D eigenvalue weighted by Gasteiger charge is -2.40. The van der Waals surface area contributed by atoms with Crippen LogP contribution in [0.15, 0.2) is 24.3 Å². The smallest absolute Gasteiger partial charge is 0.175 e. The molecule has 1 aromatic rings. The van der Waals surface area contributed by atoms with Crippen molar-refractivity contribution in [2.45, 2.75) is 75.5 Å². The molecule has 2 heterocycles. The molecule has 1 saturated carbocycles. The fourth-order valence-corrected chi connectivity index (χ4v) is 4.78. The number of rotatable bonds is 6. The fourth-order valence-electron chi connectivity index (χ4n) is 4.78. The van der Waals surface area contributed by atoms with Crippen LogP contribution in [0.3, 0.4) is 0 Å². The van der Waals surface area contributed by atoms with Gasteiger partial charge in [-0.25, -0.2) is 0 Å². The third kappa shape index (κ3) is 4.22. The van der Waals surface area contributed by atoms with Gasteiger partial charge < -0.3 is 24.7 Å². The van der Waals surface area contributed by atoms with Crippen LogP contribution in [-0.4, -0.2) is 44.0 Å². The molecule has 1 aliphatic carbocycles. The van der Waals surface area contributed by atoms with Crippen molar-refractivity contribution in [1.29, 1.82) is 0 Å². The highest BCUT2D eigenvalue weighted by Gasteiger charge is 2.49. The number of hydrogen-bond donors (Lipinski definition) is 1. The molecule has 3 aliphatic rings. The first-order valence-corrected chi connectivity index (χ1v) is 10.5. The molecular weight excluding hydrogens is 342 g/mol.